The molecule has 0 radical (unpaired) electrons. The quantitative estimate of drug-likeness (QED) is 0.373. The lowest BCUT2D eigenvalue weighted by Crippen LogP contribution is -2.49. The number of anilines is 1. The monoisotopic (exact) mass is 491 g/mol. The van der Waals surface area contributed by atoms with Gasteiger partial charge in [0.25, 0.3) is 5.91 Å². The third-order valence-electron chi connectivity index (χ3n) is 5.86. The molecule has 8 heteroatoms. The Labute approximate surface area is 206 Å². The highest BCUT2D eigenvalue weighted by atomic mass is 35.5. The number of alkyl halides is 1. The van der Waals surface area contributed by atoms with Gasteiger partial charge in [-0.1, -0.05) is 23.7 Å². The number of hydrogen-bond donors (Lipinski definition) is 0. The van der Waals surface area contributed by atoms with Gasteiger partial charge < -0.3 is 14.5 Å². The average Bonchev–Trinajstić information content (AvgIpc) is 2.86. The molecule has 178 valence electrons. The number of piperazine rings is 1. The first-order valence-corrected chi connectivity index (χ1v) is 12.1. The molecule has 6 nitrogen and oxygen atoms in total. The zero-order chi connectivity index (χ0) is 23.6. The molecule has 1 aliphatic heterocycles. The highest BCUT2D eigenvalue weighted by Crippen LogP contribution is 2.19. The Bertz CT molecular complexity index is 898. The number of rotatable bonds is 10. The second-order valence-corrected chi connectivity index (χ2v) is 8.79. The predicted octanol–water partition coefficient (Wildman–Crippen LogP) is 3.95. The van der Waals surface area contributed by atoms with E-state index in [1.165, 1.54) is 5.56 Å². The standard InChI is InChI=1S/C25H31Cl2N3O3/c1-33-18-2-12-30(24(31)19-26)23-9-5-21(6-10-23)25(32)29-16-14-28(15-17-29)13-11-20-3-7-22(27)8-4-20/h3-10H,2,11-19H2,1H3. The van der Waals surface area contributed by atoms with Crippen LogP contribution in [0.5, 0.6) is 0 Å². The Morgan fingerprint density at radius 2 is 1.67 bits per heavy atom. The maximum atomic E-state index is 13.0. The van der Waals surface area contributed by atoms with Gasteiger partial charge in [0.15, 0.2) is 0 Å². The molecule has 1 heterocycles. The van der Waals surface area contributed by atoms with Crippen molar-refractivity contribution in [2.75, 3.05) is 63.8 Å². The average molecular weight is 492 g/mol. The number of benzene rings is 2. The summed E-state index contributed by atoms with van der Waals surface area (Å²) in [6, 6.07) is 15.2. The second-order valence-electron chi connectivity index (χ2n) is 8.08. The fraction of sp³-hybridized carbons (Fsp3) is 0.440. The van der Waals surface area contributed by atoms with E-state index in [-0.39, 0.29) is 17.7 Å². The van der Waals surface area contributed by atoms with Gasteiger partial charge in [-0.25, -0.2) is 0 Å². The summed E-state index contributed by atoms with van der Waals surface area (Å²) < 4.78 is 5.08. The lowest BCUT2D eigenvalue weighted by Gasteiger charge is -2.35. The van der Waals surface area contributed by atoms with E-state index < -0.39 is 0 Å². The predicted molar refractivity (Wildman–Crippen MR) is 134 cm³/mol. The SMILES string of the molecule is COCCCN(C(=O)CCl)c1ccc(C(=O)N2CCN(CCc3ccc(Cl)cc3)CC2)cc1. The molecule has 2 aromatic rings. The van der Waals surface area contributed by atoms with Crippen LogP contribution in [0.2, 0.25) is 5.02 Å². The topological polar surface area (TPSA) is 53.1 Å². The molecule has 33 heavy (non-hydrogen) atoms. The summed E-state index contributed by atoms with van der Waals surface area (Å²) in [6.45, 7) is 5.17. The molecular formula is C25H31Cl2N3O3. The second kappa shape index (κ2) is 12.9. The third-order valence-corrected chi connectivity index (χ3v) is 6.34. The van der Waals surface area contributed by atoms with Crippen LogP contribution in [0.25, 0.3) is 0 Å². The maximum Gasteiger partial charge on any atom is 0.253 e. The van der Waals surface area contributed by atoms with Crippen LogP contribution in [0.4, 0.5) is 5.69 Å². The van der Waals surface area contributed by atoms with Gasteiger partial charge in [0.05, 0.1) is 0 Å². The van der Waals surface area contributed by atoms with Crippen LogP contribution in [0.15, 0.2) is 48.5 Å². The van der Waals surface area contributed by atoms with E-state index in [0.29, 0.717) is 38.2 Å². The molecule has 2 amide bonds. The van der Waals surface area contributed by atoms with E-state index in [9.17, 15) is 9.59 Å². The van der Waals surface area contributed by atoms with Crippen molar-refractivity contribution in [2.45, 2.75) is 12.8 Å². The molecule has 1 fully saturated rings. The molecule has 0 N–H and O–H groups in total. The van der Waals surface area contributed by atoms with E-state index in [1.54, 1.807) is 24.1 Å². The van der Waals surface area contributed by atoms with Crippen LogP contribution in [-0.2, 0) is 16.0 Å². The van der Waals surface area contributed by atoms with Gasteiger partial charge in [0.1, 0.15) is 5.88 Å². The molecule has 0 unspecified atom stereocenters. The number of ether oxygens (including phenoxy) is 1. The van der Waals surface area contributed by atoms with Crippen molar-refractivity contribution < 1.29 is 14.3 Å². The molecule has 0 bridgehead atoms. The van der Waals surface area contributed by atoms with Gasteiger partial charge in [0, 0.05) is 69.3 Å². The van der Waals surface area contributed by atoms with Crippen molar-refractivity contribution in [2.24, 2.45) is 0 Å². The van der Waals surface area contributed by atoms with Crippen LogP contribution < -0.4 is 4.90 Å². The Balaban J connectivity index is 1.51. The summed E-state index contributed by atoms with van der Waals surface area (Å²) in [7, 11) is 1.63. The number of halogens is 2. The molecule has 0 aromatic heterocycles. The van der Waals surface area contributed by atoms with E-state index in [0.717, 1.165) is 36.8 Å². The minimum atomic E-state index is -0.165. The first-order chi connectivity index (χ1) is 16.0. The first-order valence-electron chi connectivity index (χ1n) is 11.2. The molecule has 0 aliphatic carbocycles. The Morgan fingerprint density at radius 1 is 1.00 bits per heavy atom. The van der Waals surface area contributed by atoms with Gasteiger partial charge >= 0.3 is 0 Å². The Kier molecular flexibility index (Phi) is 10.0. The minimum absolute atomic E-state index is 0.0218. The van der Waals surface area contributed by atoms with E-state index in [1.807, 2.05) is 29.2 Å². The number of hydrogen-bond acceptors (Lipinski definition) is 4. The van der Waals surface area contributed by atoms with Crippen LogP contribution >= 0.6 is 23.2 Å². The first kappa shape index (κ1) is 25.5. The molecule has 0 saturated carbocycles. The zero-order valence-electron chi connectivity index (χ0n) is 19.0. The molecule has 1 aliphatic rings. The minimum Gasteiger partial charge on any atom is -0.385 e. The fourth-order valence-corrected chi connectivity index (χ4v) is 4.19. The van der Waals surface area contributed by atoms with Gasteiger partial charge in [-0.3, -0.25) is 14.5 Å². The number of methoxy groups -OCH3 is 1. The fourth-order valence-electron chi connectivity index (χ4n) is 3.92. The molecule has 2 aromatic carbocycles. The van der Waals surface area contributed by atoms with Gasteiger partial charge in [0.2, 0.25) is 5.91 Å². The molecular weight excluding hydrogens is 461 g/mol. The molecule has 3 rings (SSSR count). The Morgan fingerprint density at radius 3 is 2.27 bits per heavy atom. The van der Waals surface area contributed by atoms with Crippen LogP contribution in [-0.4, -0.2) is 80.5 Å². The molecule has 0 spiro atoms. The maximum absolute atomic E-state index is 13.0. The smallest absolute Gasteiger partial charge is 0.253 e. The van der Waals surface area contributed by atoms with Crippen LogP contribution in [0.3, 0.4) is 0 Å². The summed E-state index contributed by atoms with van der Waals surface area (Å²) >= 11 is 11.7. The van der Waals surface area contributed by atoms with E-state index in [2.05, 4.69) is 17.0 Å². The van der Waals surface area contributed by atoms with Crippen molar-refractivity contribution in [3.05, 3.63) is 64.7 Å². The van der Waals surface area contributed by atoms with E-state index >= 15 is 0 Å². The zero-order valence-corrected chi connectivity index (χ0v) is 20.5. The molecule has 1 saturated heterocycles. The van der Waals surface area contributed by atoms with Gasteiger partial charge in [-0.15, -0.1) is 11.6 Å². The van der Waals surface area contributed by atoms with Gasteiger partial charge in [-0.05, 0) is 54.8 Å². The van der Waals surface area contributed by atoms with Crippen molar-refractivity contribution in [1.82, 2.24) is 9.80 Å². The van der Waals surface area contributed by atoms with E-state index in [4.69, 9.17) is 27.9 Å². The molecule has 0 atom stereocenters. The number of carbonyl (C=O) groups is 2. The summed E-state index contributed by atoms with van der Waals surface area (Å²) in [5.74, 6) is -0.231. The summed E-state index contributed by atoms with van der Waals surface area (Å²) in [6.07, 6.45) is 1.68. The lowest BCUT2D eigenvalue weighted by molar-refractivity contribution is -0.116. The number of carbonyl (C=O) groups excluding carboxylic acids is 2. The van der Waals surface area contributed by atoms with Crippen molar-refractivity contribution in [3.63, 3.8) is 0 Å². The highest BCUT2D eigenvalue weighted by Gasteiger charge is 2.22. The Hall–Kier alpha value is -2.12. The number of amides is 2. The van der Waals surface area contributed by atoms with Crippen molar-refractivity contribution in [1.29, 1.82) is 0 Å². The summed E-state index contributed by atoms with van der Waals surface area (Å²) in [5.41, 5.74) is 2.63. The van der Waals surface area contributed by atoms with Crippen molar-refractivity contribution in [3.8, 4) is 0 Å². The third kappa shape index (κ3) is 7.44. The van der Waals surface area contributed by atoms with Crippen LogP contribution in [0, 0.1) is 0 Å². The van der Waals surface area contributed by atoms with Crippen LogP contribution in [0.1, 0.15) is 22.3 Å². The summed E-state index contributed by atoms with van der Waals surface area (Å²) in [5, 5.41) is 0.753. The highest BCUT2D eigenvalue weighted by molar-refractivity contribution is 6.30. The van der Waals surface area contributed by atoms with Gasteiger partial charge in [-0.2, -0.15) is 0 Å². The summed E-state index contributed by atoms with van der Waals surface area (Å²) in [4.78, 5) is 31.1. The van der Waals surface area contributed by atoms with Crippen molar-refractivity contribution >= 4 is 40.7 Å². The normalized spacial score (nSPS) is 14.3. The lowest BCUT2D eigenvalue weighted by atomic mass is 10.1. The largest absolute Gasteiger partial charge is 0.385 e. The number of nitrogens with zero attached hydrogens (tertiary/aromatic N) is 3.